The maximum absolute atomic E-state index is 12.3. The van der Waals surface area contributed by atoms with Crippen molar-refractivity contribution in [3.8, 4) is 5.75 Å². The monoisotopic (exact) mass is 263 g/mol. The number of ether oxygens (including phenoxy) is 1. The molecule has 0 aromatic heterocycles. The highest BCUT2D eigenvalue weighted by Crippen LogP contribution is 2.19. The maximum atomic E-state index is 12.3. The van der Waals surface area contributed by atoms with Crippen LogP contribution < -0.4 is 10.1 Å². The van der Waals surface area contributed by atoms with Crippen LogP contribution in [0.15, 0.2) is 18.2 Å². The molecule has 19 heavy (non-hydrogen) atoms. The van der Waals surface area contributed by atoms with Crippen molar-refractivity contribution < 1.29 is 9.53 Å². The van der Waals surface area contributed by atoms with Gasteiger partial charge in [0, 0.05) is 5.56 Å². The average molecular weight is 263 g/mol. The number of carbonyl (C=O) groups excluding carboxylic acids is 1. The highest BCUT2D eigenvalue weighted by Gasteiger charge is 2.15. The Morgan fingerprint density at radius 2 is 2.11 bits per heavy atom. The molecule has 0 aliphatic rings. The molecule has 1 rings (SSSR count). The van der Waals surface area contributed by atoms with Gasteiger partial charge in [0.25, 0.3) is 0 Å². The Morgan fingerprint density at radius 1 is 1.37 bits per heavy atom. The van der Waals surface area contributed by atoms with Crippen molar-refractivity contribution in [1.82, 2.24) is 5.32 Å². The standard InChI is InChI=1S/C16H25NO2/c1-5-6-7-10-17-13(3)16(18)14-8-9-15(19-4)12(2)11-14/h8-9,11,13,17H,5-7,10H2,1-4H3. The summed E-state index contributed by atoms with van der Waals surface area (Å²) in [5.74, 6) is 0.961. The van der Waals surface area contributed by atoms with Crippen molar-refractivity contribution in [2.75, 3.05) is 13.7 Å². The lowest BCUT2D eigenvalue weighted by molar-refractivity contribution is 0.0951. The molecule has 106 valence electrons. The lowest BCUT2D eigenvalue weighted by Crippen LogP contribution is -2.34. The Labute approximate surface area is 116 Å². The third kappa shape index (κ3) is 4.67. The first kappa shape index (κ1) is 15.7. The summed E-state index contributed by atoms with van der Waals surface area (Å²) in [5, 5.41) is 3.28. The van der Waals surface area contributed by atoms with E-state index in [2.05, 4.69) is 12.2 Å². The summed E-state index contributed by atoms with van der Waals surface area (Å²) in [6.45, 7) is 6.95. The van der Waals surface area contributed by atoms with E-state index in [9.17, 15) is 4.79 Å². The number of nitrogens with one attached hydrogen (secondary N) is 1. The minimum atomic E-state index is -0.135. The number of unbranched alkanes of at least 4 members (excludes halogenated alkanes) is 2. The molecule has 0 bridgehead atoms. The van der Waals surface area contributed by atoms with Gasteiger partial charge < -0.3 is 10.1 Å². The number of ketones is 1. The van der Waals surface area contributed by atoms with Crippen LogP contribution in [0.25, 0.3) is 0 Å². The fourth-order valence-electron chi connectivity index (χ4n) is 2.07. The van der Waals surface area contributed by atoms with E-state index >= 15 is 0 Å². The number of hydrogen-bond donors (Lipinski definition) is 1. The first-order valence-electron chi connectivity index (χ1n) is 7.02. The minimum Gasteiger partial charge on any atom is -0.496 e. The van der Waals surface area contributed by atoms with Gasteiger partial charge in [-0.3, -0.25) is 4.79 Å². The van der Waals surface area contributed by atoms with Crippen molar-refractivity contribution in [1.29, 1.82) is 0 Å². The van der Waals surface area contributed by atoms with Crippen molar-refractivity contribution in [3.63, 3.8) is 0 Å². The van der Waals surface area contributed by atoms with Gasteiger partial charge in [-0.15, -0.1) is 0 Å². The molecule has 3 heteroatoms. The summed E-state index contributed by atoms with van der Waals surface area (Å²) in [7, 11) is 1.64. The van der Waals surface area contributed by atoms with Gasteiger partial charge in [-0.05, 0) is 50.6 Å². The SMILES string of the molecule is CCCCCNC(C)C(=O)c1ccc(OC)c(C)c1. The Hall–Kier alpha value is -1.35. The van der Waals surface area contributed by atoms with Crippen LogP contribution in [-0.4, -0.2) is 25.5 Å². The highest BCUT2D eigenvalue weighted by atomic mass is 16.5. The average Bonchev–Trinajstić information content (AvgIpc) is 2.42. The normalized spacial score (nSPS) is 12.2. The topological polar surface area (TPSA) is 38.3 Å². The molecule has 1 aromatic carbocycles. The Kier molecular flexibility index (Phi) is 6.57. The van der Waals surface area contributed by atoms with Crippen LogP contribution in [0.3, 0.4) is 0 Å². The molecule has 0 fully saturated rings. The smallest absolute Gasteiger partial charge is 0.179 e. The van der Waals surface area contributed by atoms with E-state index in [4.69, 9.17) is 4.74 Å². The first-order chi connectivity index (χ1) is 9.10. The van der Waals surface area contributed by atoms with E-state index in [0.29, 0.717) is 0 Å². The third-order valence-electron chi connectivity index (χ3n) is 3.30. The van der Waals surface area contributed by atoms with Gasteiger partial charge in [0.05, 0.1) is 13.2 Å². The summed E-state index contributed by atoms with van der Waals surface area (Å²) >= 11 is 0. The zero-order valence-corrected chi connectivity index (χ0v) is 12.5. The predicted octanol–water partition coefficient (Wildman–Crippen LogP) is 3.35. The summed E-state index contributed by atoms with van der Waals surface area (Å²) in [6.07, 6.45) is 3.52. The molecule has 0 amide bonds. The van der Waals surface area contributed by atoms with Crippen LogP contribution in [0.4, 0.5) is 0 Å². The minimum absolute atomic E-state index is 0.135. The number of aryl methyl sites for hydroxylation is 1. The number of carbonyl (C=O) groups is 1. The quantitative estimate of drug-likeness (QED) is 0.577. The van der Waals surface area contributed by atoms with E-state index in [1.807, 2.05) is 32.0 Å². The molecule has 0 saturated carbocycles. The molecule has 1 N–H and O–H groups in total. The molecule has 3 nitrogen and oxygen atoms in total. The van der Waals surface area contributed by atoms with E-state index in [1.54, 1.807) is 7.11 Å². The van der Waals surface area contributed by atoms with Crippen molar-refractivity contribution in [3.05, 3.63) is 29.3 Å². The van der Waals surface area contributed by atoms with Crippen LogP contribution in [0, 0.1) is 6.92 Å². The van der Waals surface area contributed by atoms with Crippen molar-refractivity contribution in [2.45, 2.75) is 46.1 Å². The zero-order chi connectivity index (χ0) is 14.3. The molecule has 1 unspecified atom stereocenters. The van der Waals surface area contributed by atoms with Crippen LogP contribution in [-0.2, 0) is 0 Å². The van der Waals surface area contributed by atoms with Crippen LogP contribution in [0.5, 0.6) is 5.75 Å². The lowest BCUT2D eigenvalue weighted by Gasteiger charge is -2.14. The lowest BCUT2D eigenvalue weighted by atomic mass is 10.0. The molecule has 0 aliphatic heterocycles. The zero-order valence-electron chi connectivity index (χ0n) is 12.5. The van der Waals surface area contributed by atoms with Gasteiger partial charge in [0.1, 0.15) is 5.75 Å². The molecular formula is C16H25NO2. The number of benzene rings is 1. The largest absolute Gasteiger partial charge is 0.496 e. The first-order valence-corrected chi connectivity index (χ1v) is 7.02. The van der Waals surface area contributed by atoms with Gasteiger partial charge in [0.15, 0.2) is 5.78 Å². The molecular weight excluding hydrogens is 238 g/mol. The third-order valence-corrected chi connectivity index (χ3v) is 3.30. The number of hydrogen-bond acceptors (Lipinski definition) is 3. The summed E-state index contributed by atoms with van der Waals surface area (Å²) in [4.78, 5) is 12.3. The van der Waals surface area contributed by atoms with Gasteiger partial charge in [-0.25, -0.2) is 0 Å². The fraction of sp³-hybridized carbons (Fsp3) is 0.562. The number of Topliss-reactive ketones (excluding diaryl/α,β-unsaturated/α-hetero) is 1. The van der Waals surface area contributed by atoms with Gasteiger partial charge in [-0.2, -0.15) is 0 Å². The number of methoxy groups -OCH3 is 1. The Bertz CT molecular complexity index is 415. The van der Waals surface area contributed by atoms with Crippen molar-refractivity contribution >= 4 is 5.78 Å². The van der Waals surface area contributed by atoms with E-state index in [-0.39, 0.29) is 11.8 Å². The molecule has 1 aromatic rings. The molecule has 1 atom stereocenters. The van der Waals surface area contributed by atoms with Gasteiger partial charge in [-0.1, -0.05) is 19.8 Å². The van der Waals surface area contributed by atoms with E-state index in [0.717, 1.165) is 29.8 Å². The van der Waals surface area contributed by atoms with Gasteiger partial charge in [0.2, 0.25) is 0 Å². The second-order valence-electron chi connectivity index (χ2n) is 4.93. The summed E-state index contributed by atoms with van der Waals surface area (Å²) < 4.78 is 5.21. The molecule has 0 spiro atoms. The van der Waals surface area contributed by atoms with Crippen LogP contribution in [0.1, 0.15) is 49.0 Å². The van der Waals surface area contributed by atoms with Crippen molar-refractivity contribution in [2.24, 2.45) is 0 Å². The Balaban J connectivity index is 2.59. The molecule has 0 aliphatic carbocycles. The van der Waals surface area contributed by atoms with Gasteiger partial charge >= 0.3 is 0 Å². The second kappa shape index (κ2) is 7.95. The van der Waals surface area contributed by atoms with Crippen LogP contribution in [0.2, 0.25) is 0 Å². The fourth-order valence-corrected chi connectivity index (χ4v) is 2.07. The molecule has 0 saturated heterocycles. The highest BCUT2D eigenvalue weighted by molar-refractivity contribution is 6.00. The summed E-state index contributed by atoms with van der Waals surface area (Å²) in [6, 6.07) is 5.44. The number of rotatable bonds is 8. The maximum Gasteiger partial charge on any atom is 0.179 e. The van der Waals surface area contributed by atoms with Crippen LogP contribution >= 0.6 is 0 Å². The Morgan fingerprint density at radius 3 is 2.68 bits per heavy atom. The molecule has 0 radical (unpaired) electrons. The summed E-state index contributed by atoms with van der Waals surface area (Å²) in [5.41, 5.74) is 1.74. The van der Waals surface area contributed by atoms with E-state index < -0.39 is 0 Å². The van der Waals surface area contributed by atoms with E-state index in [1.165, 1.54) is 12.8 Å². The predicted molar refractivity (Wildman–Crippen MR) is 79.1 cm³/mol. The molecule has 0 heterocycles. The second-order valence-corrected chi connectivity index (χ2v) is 4.93.